The van der Waals surface area contributed by atoms with E-state index in [1.165, 1.54) is 0 Å². The van der Waals surface area contributed by atoms with Crippen LogP contribution in [0, 0.1) is 0 Å². The first kappa shape index (κ1) is 17.4. The van der Waals surface area contributed by atoms with Crippen molar-refractivity contribution < 1.29 is 34.4 Å². The summed E-state index contributed by atoms with van der Waals surface area (Å²) in [5.41, 5.74) is -0.757. The van der Waals surface area contributed by atoms with E-state index in [2.05, 4.69) is 5.32 Å². The van der Waals surface area contributed by atoms with Gasteiger partial charge >= 0.3 is 12.1 Å². The topological polar surface area (TPSA) is 125 Å². The normalized spacial score (nSPS) is 10.9. The van der Waals surface area contributed by atoms with Crippen LogP contribution in [0.3, 0.4) is 0 Å². The van der Waals surface area contributed by atoms with Gasteiger partial charge in [0.25, 0.3) is 0 Å². The molecule has 0 bridgehead atoms. The first-order chi connectivity index (χ1) is 10.1. The van der Waals surface area contributed by atoms with Gasteiger partial charge in [-0.2, -0.15) is 0 Å². The van der Waals surface area contributed by atoms with Crippen molar-refractivity contribution in [2.45, 2.75) is 26.4 Å². The molecule has 1 rings (SSSR count). The first-order valence-corrected chi connectivity index (χ1v) is 6.49. The Labute approximate surface area is 127 Å². The Bertz CT molecular complexity index is 540. The number of phenolic OH excluding ortho intramolecular Hbond substituents is 3. The molecule has 0 aromatic heterocycles. The monoisotopic (exact) mass is 313 g/mol. The number of hydrogen-bond donors (Lipinski definition) is 4. The molecule has 4 N–H and O–H groups in total. The highest BCUT2D eigenvalue weighted by Gasteiger charge is 2.17. The van der Waals surface area contributed by atoms with Gasteiger partial charge in [-0.15, -0.1) is 0 Å². The summed E-state index contributed by atoms with van der Waals surface area (Å²) in [7, 11) is 0. The second-order valence-corrected chi connectivity index (χ2v) is 5.43. The Balaban J connectivity index is 2.43. The van der Waals surface area contributed by atoms with Gasteiger partial charge in [0.15, 0.2) is 17.2 Å². The number of esters is 1. The predicted molar refractivity (Wildman–Crippen MR) is 76.0 cm³/mol. The maximum atomic E-state index is 11.7. The van der Waals surface area contributed by atoms with E-state index < -0.39 is 34.9 Å². The number of carbonyl (C=O) groups is 2. The van der Waals surface area contributed by atoms with Crippen molar-refractivity contribution in [3.05, 3.63) is 17.7 Å². The van der Waals surface area contributed by atoms with E-state index in [0.717, 1.165) is 12.1 Å². The Kier molecular flexibility index (Phi) is 5.44. The van der Waals surface area contributed by atoms with Crippen molar-refractivity contribution in [3.8, 4) is 17.2 Å². The molecule has 0 fully saturated rings. The molecule has 0 radical (unpaired) electrons. The number of carbonyl (C=O) groups excluding carboxylic acids is 2. The molecule has 0 aliphatic heterocycles. The van der Waals surface area contributed by atoms with Gasteiger partial charge < -0.3 is 30.1 Å². The van der Waals surface area contributed by atoms with E-state index in [4.69, 9.17) is 14.6 Å². The van der Waals surface area contributed by atoms with Crippen molar-refractivity contribution in [2.24, 2.45) is 0 Å². The van der Waals surface area contributed by atoms with Crippen molar-refractivity contribution in [1.29, 1.82) is 0 Å². The van der Waals surface area contributed by atoms with Gasteiger partial charge in [0.05, 0.1) is 12.1 Å². The maximum Gasteiger partial charge on any atom is 0.407 e. The van der Waals surface area contributed by atoms with Crippen LogP contribution in [0.4, 0.5) is 4.79 Å². The van der Waals surface area contributed by atoms with E-state index in [1.807, 2.05) is 0 Å². The summed E-state index contributed by atoms with van der Waals surface area (Å²) in [4.78, 5) is 23.0. The van der Waals surface area contributed by atoms with Crippen LogP contribution in [0.25, 0.3) is 0 Å². The van der Waals surface area contributed by atoms with Crippen molar-refractivity contribution in [2.75, 3.05) is 13.2 Å². The molecule has 0 unspecified atom stereocenters. The Hall–Kier alpha value is -2.64. The van der Waals surface area contributed by atoms with E-state index in [-0.39, 0.29) is 18.7 Å². The highest BCUT2D eigenvalue weighted by atomic mass is 16.6. The van der Waals surface area contributed by atoms with Crippen LogP contribution in [0.15, 0.2) is 12.1 Å². The molecule has 1 aromatic rings. The van der Waals surface area contributed by atoms with Crippen LogP contribution in [0.5, 0.6) is 17.2 Å². The lowest BCUT2D eigenvalue weighted by Gasteiger charge is -2.19. The molecule has 0 aliphatic rings. The summed E-state index contributed by atoms with van der Waals surface area (Å²) >= 11 is 0. The minimum absolute atomic E-state index is 0.0384. The fourth-order valence-corrected chi connectivity index (χ4v) is 1.42. The summed E-state index contributed by atoms with van der Waals surface area (Å²) in [6.45, 7) is 5.07. The minimum Gasteiger partial charge on any atom is -0.504 e. The van der Waals surface area contributed by atoms with Gasteiger partial charge in [-0.1, -0.05) is 0 Å². The summed E-state index contributed by atoms with van der Waals surface area (Å²) in [6.07, 6.45) is -0.636. The molecule has 1 amide bonds. The fraction of sp³-hybridized carbons (Fsp3) is 0.429. The molecule has 22 heavy (non-hydrogen) atoms. The Morgan fingerprint density at radius 2 is 1.68 bits per heavy atom. The Morgan fingerprint density at radius 3 is 2.18 bits per heavy atom. The van der Waals surface area contributed by atoms with Crippen LogP contribution in [-0.2, 0) is 9.47 Å². The SMILES string of the molecule is CC(C)(C)OC(=O)NCCOC(=O)c1cc(O)c(O)c(O)c1. The third-order valence-electron chi connectivity index (χ3n) is 2.31. The zero-order valence-electron chi connectivity index (χ0n) is 12.5. The lowest BCUT2D eigenvalue weighted by molar-refractivity contribution is 0.0433. The number of phenols is 3. The molecule has 0 aliphatic carbocycles. The van der Waals surface area contributed by atoms with Crippen molar-refractivity contribution in [1.82, 2.24) is 5.32 Å². The number of ether oxygens (including phenoxy) is 2. The Morgan fingerprint density at radius 1 is 1.14 bits per heavy atom. The van der Waals surface area contributed by atoms with Crippen molar-refractivity contribution >= 4 is 12.1 Å². The summed E-state index contributed by atoms with van der Waals surface area (Å²) < 4.78 is 9.83. The number of benzene rings is 1. The molecule has 0 spiro atoms. The number of nitrogens with one attached hydrogen (secondary N) is 1. The van der Waals surface area contributed by atoms with E-state index in [0.29, 0.717) is 0 Å². The molecular formula is C14H19NO7. The molecule has 0 saturated heterocycles. The maximum absolute atomic E-state index is 11.7. The van der Waals surface area contributed by atoms with Crippen LogP contribution in [-0.4, -0.2) is 46.1 Å². The van der Waals surface area contributed by atoms with E-state index in [9.17, 15) is 19.8 Å². The molecule has 0 heterocycles. The first-order valence-electron chi connectivity index (χ1n) is 6.49. The van der Waals surface area contributed by atoms with Gasteiger partial charge in [-0.05, 0) is 32.9 Å². The zero-order valence-corrected chi connectivity index (χ0v) is 12.5. The fourth-order valence-electron chi connectivity index (χ4n) is 1.42. The van der Waals surface area contributed by atoms with Gasteiger partial charge in [0, 0.05) is 0 Å². The summed E-state index contributed by atoms with van der Waals surface area (Å²) in [5.74, 6) is -2.82. The quantitative estimate of drug-likeness (QED) is 0.377. The molecule has 8 heteroatoms. The average molecular weight is 313 g/mol. The predicted octanol–water partition coefficient (Wildman–Crippen LogP) is 1.48. The van der Waals surface area contributed by atoms with E-state index >= 15 is 0 Å². The largest absolute Gasteiger partial charge is 0.504 e. The smallest absolute Gasteiger partial charge is 0.407 e. The molecule has 0 atom stereocenters. The van der Waals surface area contributed by atoms with Gasteiger partial charge in [-0.3, -0.25) is 0 Å². The third-order valence-corrected chi connectivity index (χ3v) is 2.31. The van der Waals surface area contributed by atoms with Gasteiger partial charge in [-0.25, -0.2) is 9.59 Å². The van der Waals surface area contributed by atoms with Crippen LogP contribution in [0.1, 0.15) is 31.1 Å². The zero-order chi connectivity index (χ0) is 16.9. The van der Waals surface area contributed by atoms with Gasteiger partial charge in [0.2, 0.25) is 0 Å². The van der Waals surface area contributed by atoms with E-state index in [1.54, 1.807) is 20.8 Å². The average Bonchev–Trinajstić information content (AvgIpc) is 2.38. The summed E-state index contributed by atoms with van der Waals surface area (Å²) in [5, 5.41) is 30.1. The van der Waals surface area contributed by atoms with Gasteiger partial charge in [0.1, 0.15) is 12.2 Å². The lowest BCUT2D eigenvalue weighted by Crippen LogP contribution is -2.34. The van der Waals surface area contributed by atoms with Crippen molar-refractivity contribution in [3.63, 3.8) is 0 Å². The van der Waals surface area contributed by atoms with Crippen LogP contribution >= 0.6 is 0 Å². The molecule has 0 saturated carbocycles. The second kappa shape index (κ2) is 6.88. The van der Waals surface area contributed by atoms with Crippen LogP contribution < -0.4 is 5.32 Å². The summed E-state index contributed by atoms with van der Waals surface area (Å²) in [6, 6.07) is 1.91. The number of alkyl carbamates (subject to hydrolysis) is 1. The number of hydrogen-bond acceptors (Lipinski definition) is 7. The second-order valence-electron chi connectivity index (χ2n) is 5.43. The highest BCUT2D eigenvalue weighted by molar-refractivity contribution is 5.91. The molecular weight excluding hydrogens is 294 g/mol. The number of aromatic hydroxyl groups is 3. The van der Waals surface area contributed by atoms with Crippen LogP contribution in [0.2, 0.25) is 0 Å². The standard InChI is InChI=1S/C14H19NO7/c1-14(2,3)22-13(20)15-4-5-21-12(19)8-6-9(16)11(18)10(17)7-8/h6-7,16-18H,4-5H2,1-3H3,(H,15,20). The highest BCUT2D eigenvalue weighted by Crippen LogP contribution is 2.35. The number of amides is 1. The third kappa shape index (κ3) is 5.39. The lowest BCUT2D eigenvalue weighted by atomic mass is 10.2. The molecule has 8 nitrogen and oxygen atoms in total. The minimum atomic E-state index is -0.823. The number of rotatable bonds is 4. The molecule has 122 valence electrons. The molecule has 1 aromatic carbocycles.